The van der Waals surface area contributed by atoms with Crippen molar-refractivity contribution in [1.82, 2.24) is 0 Å². The van der Waals surface area contributed by atoms with Crippen molar-refractivity contribution in [1.29, 1.82) is 0 Å². The molecule has 0 radical (unpaired) electrons. The molecule has 0 aliphatic heterocycles. The zero-order valence-corrected chi connectivity index (χ0v) is 11.4. The number of aliphatic hydroxyl groups is 1. The van der Waals surface area contributed by atoms with E-state index in [1.165, 1.54) is 0 Å². The van der Waals surface area contributed by atoms with E-state index in [4.69, 9.17) is 16.7 Å². The normalized spacial score (nSPS) is 16.0. The second-order valence-electron chi connectivity index (χ2n) is 2.78. The number of rotatable bonds is 5. The monoisotopic (exact) mass is 238 g/mol. The van der Waals surface area contributed by atoms with Crippen LogP contribution in [0.2, 0.25) is 0 Å². The molecule has 7 heteroatoms. The molecule has 0 saturated carbocycles. The Morgan fingerprint density at radius 2 is 1.92 bits per heavy atom. The molecule has 0 bridgehead atoms. The Morgan fingerprint density at radius 1 is 1.46 bits per heavy atom. The number of halogens is 1. The minimum Gasteiger partial charge on any atom is -0.746 e. The van der Waals surface area contributed by atoms with Crippen LogP contribution in [0.4, 0.5) is 0 Å². The molecule has 0 fully saturated rings. The van der Waals surface area contributed by atoms with E-state index in [-0.39, 0.29) is 36.0 Å². The average Bonchev–Trinajstić information content (AvgIpc) is 1.85. The van der Waals surface area contributed by atoms with Crippen LogP contribution in [0.5, 0.6) is 0 Å². The van der Waals surface area contributed by atoms with Gasteiger partial charge < -0.3 is 9.66 Å². The van der Waals surface area contributed by atoms with Crippen LogP contribution in [-0.2, 0) is 10.1 Å². The standard InChI is InChI=1S/C6H13ClO4S.Na/c1-6(8,12(9,10)11)4-2-3-5-7;/h8H,2-5H2,1H3,(H,9,10,11);/q;+1/p-1. The third-order valence-corrected chi connectivity index (χ3v) is 3.11. The summed E-state index contributed by atoms with van der Waals surface area (Å²) in [7, 11) is -4.62. The smallest absolute Gasteiger partial charge is 0.746 e. The minimum atomic E-state index is -4.62. The molecule has 1 unspecified atom stereocenters. The van der Waals surface area contributed by atoms with Crippen LogP contribution in [0.15, 0.2) is 0 Å². The first-order valence-corrected chi connectivity index (χ1v) is 5.49. The summed E-state index contributed by atoms with van der Waals surface area (Å²) in [5.41, 5.74) is 0. The molecule has 0 rings (SSSR count). The first-order chi connectivity index (χ1) is 5.31. The fourth-order valence-electron chi connectivity index (χ4n) is 0.672. The molecule has 0 heterocycles. The summed E-state index contributed by atoms with van der Waals surface area (Å²) >= 11 is 5.34. The molecular weight excluding hydrogens is 227 g/mol. The Labute approximate surface area is 106 Å². The predicted octanol–water partition coefficient (Wildman–Crippen LogP) is -2.35. The van der Waals surface area contributed by atoms with Crippen molar-refractivity contribution in [3.63, 3.8) is 0 Å². The van der Waals surface area contributed by atoms with E-state index in [9.17, 15) is 13.0 Å². The van der Waals surface area contributed by atoms with Gasteiger partial charge in [-0.05, 0) is 26.2 Å². The van der Waals surface area contributed by atoms with Gasteiger partial charge in [0.25, 0.3) is 0 Å². The molecule has 0 aliphatic rings. The van der Waals surface area contributed by atoms with Gasteiger partial charge in [0.05, 0.1) is 0 Å². The molecule has 74 valence electrons. The largest absolute Gasteiger partial charge is 1.00 e. The van der Waals surface area contributed by atoms with Gasteiger partial charge >= 0.3 is 29.6 Å². The molecule has 13 heavy (non-hydrogen) atoms. The minimum absolute atomic E-state index is 0. The fraction of sp³-hybridized carbons (Fsp3) is 1.00. The fourth-order valence-corrected chi connectivity index (χ4v) is 1.26. The van der Waals surface area contributed by atoms with Crippen molar-refractivity contribution >= 4 is 21.7 Å². The summed E-state index contributed by atoms with van der Waals surface area (Å²) in [6.07, 6.45) is 0.955. The summed E-state index contributed by atoms with van der Waals surface area (Å²) < 4.78 is 31.2. The Balaban J connectivity index is 0. The van der Waals surface area contributed by atoms with Gasteiger partial charge in [-0.15, -0.1) is 11.6 Å². The van der Waals surface area contributed by atoms with Crippen LogP contribution >= 0.6 is 11.6 Å². The van der Waals surface area contributed by atoms with E-state index in [0.29, 0.717) is 18.7 Å². The van der Waals surface area contributed by atoms with Crippen molar-refractivity contribution in [2.24, 2.45) is 0 Å². The maximum Gasteiger partial charge on any atom is 1.00 e. The maximum absolute atomic E-state index is 10.4. The molecule has 0 aromatic heterocycles. The topological polar surface area (TPSA) is 77.4 Å². The van der Waals surface area contributed by atoms with Gasteiger partial charge in [-0.1, -0.05) is 0 Å². The van der Waals surface area contributed by atoms with Gasteiger partial charge in [-0.3, -0.25) is 0 Å². The number of hydrogen-bond donors (Lipinski definition) is 1. The first-order valence-electron chi connectivity index (χ1n) is 3.55. The molecule has 1 N–H and O–H groups in total. The summed E-state index contributed by atoms with van der Waals surface area (Å²) in [5.74, 6) is 0.398. The van der Waals surface area contributed by atoms with E-state index in [1.54, 1.807) is 0 Å². The van der Waals surface area contributed by atoms with Gasteiger partial charge in [-0.25, -0.2) is 8.42 Å². The van der Waals surface area contributed by atoms with Gasteiger partial charge in [-0.2, -0.15) is 0 Å². The average molecular weight is 239 g/mol. The Morgan fingerprint density at radius 3 is 2.23 bits per heavy atom. The van der Waals surface area contributed by atoms with E-state index in [0.717, 1.165) is 6.92 Å². The first kappa shape index (κ1) is 16.6. The molecule has 0 amide bonds. The molecule has 1 atom stereocenters. The van der Waals surface area contributed by atoms with Crippen LogP contribution in [0.25, 0.3) is 0 Å². The van der Waals surface area contributed by atoms with E-state index in [1.807, 2.05) is 0 Å². The van der Waals surface area contributed by atoms with Crippen LogP contribution < -0.4 is 29.6 Å². The number of alkyl halides is 1. The van der Waals surface area contributed by atoms with Gasteiger partial charge in [0.15, 0.2) is 4.93 Å². The third-order valence-electron chi connectivity index (χ3n) is 1.56. The van der Waals surface area contributed by atoms with Crippen LogP contribution in [-0.4, -0.2) is 28.9 Å². The third kappa shape index (κ3) is 6.28. The predicted molar refractivity (Wildman–Crippen MR) is 44.9 cm³/mol. The molecule has 0 aromatic rings. The van der Waals surface area contributed by atoms with E-state index < -0.39 is 15.1 Å². The maximum atomic E-state index is 10.4. The van der Waals surface area contributed by atoms with E-state index in [2.05, 4.69) is 0 Å². The Hall–Kier alpha value is 1.16. The summed E-state index contributed by atoms with van der Waals surface area (Å²) in [4.78, 5) is -2.15. The van der Waals surface area contributed by atoms with E-state index >= 15 is 0 Å². The van der Waals surface area contributed by atoms with Crippen molar-refractivity contribution in [3.8, 4) is 0 Å². The summed E-state index contributed by atoms with van der Waals surface area (Å²) in [6.45, 7) is 1.00. The van der Waals surface area contributed by atoms with Gasteiger partial charge in [0, 0.05) is 5.88 Å². The second kappa shape index (κ2) is 6.61. The Bertz CT molecular complexity index is 227. The SMILES string of the molecule is CC(O)(CCCCCl)S(=O)(=O)[O-].[Na+]. The van der Waals surface area contributed by atoms with Gasteiger partial charge in [0.1, 0.15) is 10.1 Å². The zero-order valence-electron chi connectivity index (χ0n) is 7.79. The van der Waals surface area contributed by atoms with Crippen molar-refractivity contribution in [2.75, 3.05) is 5.88 Å². The van der Waals surface area contributed by atoms with Crippen molar-refractivity contribution < 1.29 is 47.6 Å². The molecule has 0 aromatic carbocycles. The van der Waals surface area contributed by atoms with Crippen LogP contribution in [0.3, 0.4) is 0 Å². The molecule has 4 nitrogen and oxygen atoms in total. The molecule has 0 aliphatic carbocycles. The summed E-state index contributed by atoms with van der Waals surface area (Å²) in [5, 5.41) is 9.13. The quantitative estimate of drug-likeness (QED) is 0.252. The van der Waals surface area contributed by atoms with Crippen molar-refractivity contribution in [3.05, 3.63) is 0 Å². The Kier molecular flexibility index (Phi) is 8.43. The zero-order chi connectivity index (χ0) is 9.83. The second-order valence-corrected chi connectivity index (χ2v) is 4.94. The number of hydrogen-bond acceptors (Lipinski definition) is 4. The molecular formula is C6H12ClNaO4S. The molecule has 0 spiro atoms. The van der Waals surface area contributed by atoms with Crippen LogP contribution in [0.1, 0.15) is 26.2 Å². The van der Waals surface area contributed by atoms with Crippen LogP contribution in [0, 0.1) is 0 Å². The number of unbranched alkanes of at least 4 members (excludes halogenated alkanes) is 1. The van der Waals surface area contributed by atoms with Crippen molar-refractivity contribution in [2.45, 2.75) is 31.1 Å². The molecule has 0 saturated heterocycles. The van der Waals surface area contributed by atoms with Gasteiger partial charge in [0.2, 0.25) is 0 Å². The summed E-state index contributed by atoms with van der Waals surface area (Å²) in [6, 6.07) is 0.